The van der Waals surface area contributed by atoms with E-state index in [1.165, 1.54) is 5.56 Å². The average molecular weight is 237 g/mol. The number of benzene rings is 1. The summed E-state index contributed by atoms with van der Waals surface area (Å²) in [5.41, 5.74) is 8.05. The van der Waals surface area contributed by atoms with E-state index in [1.54, 1.807) is 0 Å². The fourth-order valence-corrected chi connectivity index (χ4v) is 1.58. The second-order valence-corrected chi connectivity index (χ2v) is 4.88. The highest BCUT2D eigenvalue weighted by molar-refractivity contribution is 5.38. The highest BCUT2D eigenvalue weighted by Crippen LogP contribution is 2.25. The third-order valence-electron chi connectivity index (χ3n) is 2.92. The summed E-state index contributed by atoms with van der Waals surface area (Å²) in [4.78, 5) is 0. The molecule has 0 bridgehead atoms. The van der Waals surface area contributed by atoms with Crippen LogP contribution in [0.1, 0.15) is 37.8 Å². The first-order valence-electron chi connectivity index (χ1n) is 6.09. The number of nitrogens with two attached hydrogens (primary N) is 1. The Bertz CT molecular complexity index is 361. The number of aliphatic hydroxyl groups is 1. The minimum atomic E-state index is -0.351. The van der Waals surface area contributed by atoms with Gasteiger partial charge in [0, 0.05) is 6.04 Å². The normalized spacial score (nSPS) is 14.8. The van der Waals surface area contributed by atoms with Gasteiger partial charge in [0.05, 0.1) is 6.61 Å². The van der Waals surface area contributed by atoms with Crippen molar-refractivity contribution in [2.45, 2.75) is 45.8 Å². The summed E-state index contributed by atoms with van der Waals surface area (Å²) < 4.78 is 5.77. The second kappa shape index (κ2) is 6.03. The average Bonchev–Trinajstić information content (AvgIpc) is 2.27. The monoisotopic (exact) mass is 237 g/mol. The van der Waals surface area contributed by atoms with Crippen molar-refractivity contribution in [2.24, 2.45) is 5.73 Å². The predicted octanol–water partition coefficient (Wildman–Crippen LogP) is 2.21. The van der Waals surface area contributed by atoms with E-state index >= 15 is 0 Å². The molecule has 2 unspecified atom stereocenters. The van der Waals surface area contributed by atoms with Crippen molar-refractivity contribution in [3.8, 4) is 5.75 Å². The van der Waals surface area contributed by atoms with Gasteiger partial charge in [0.1, 0.15) is 11.9 Å². The largest absolute Gasteiger partial charge is 0.486 e. The summed E-state index contributed by atoms with van der Waals surface area (Å²) in [6.45, 7) is 8.05. The van der Waals surface area contributed by atoms with Crippen LogP contribution < -0.4 is 10.5 Å². The maximum atomic E-state index is 9.22. The van der Waals surface area contributed by atoms with Gasteiger partial charge in [0.15, 0.2) is 0 Å². The highest BCUT2D eigenvalue weighted by atomic mass is 16.5. The molecule has 0 saturated carbocycles. The molecule has 0 aliphatic heterocycles. The minimum absolute atomic E-state index is 0.0665. The van der Waals surface area contributed by atoms with Gasteiger partial charge in [-0.05, 0) is 37.0 Å². The SMILES string of the molecule is Cc1ccc(C(C)C)cc1OC(CO)C(C)N. The number of ether oxygens (including phenoxy) is 1. The quantitative estimate of drug-likeness (QED) is 0.825. The molecule has 0 aliphatic carbocycles. The van der Waals surface area contributed by atoms with Gasteiger partial charge in [0.25, 0.3) is 0 Å². The molecule has 17 heavy (non-hydrogen) atoms. The molecule has 3 N–H and O–H groups in total. The molecule has 0 fully saturated rings. The minimum Gasteiger partial charge on any atom is -0.486 e. The van der Waals surface area contributed by atoms with E-state index in [9.17, 15) is 5.11 Å². The van der Waals surface area contributed by atoms with E-state index in [0.717, 1.165) is 11.3 Å². The summed E-state index contributed by atoms with van der Waals surface area (Å²) in [5.74, 6) is 1.27. The number of aryl methyl sites for hydroxylation is 1. The smallest absolute Gasteiger partial charge is 0.136 e. The Kier molecular flexibility index (Phi) is 4.97. The van der Waals surface area contributed by atoms with Crippen molar-refractivity contribution >= 4 is 0 Å². The summed E-state index contributed by atoms with van der Waals surface area (Å²) in [6, 6.07) is 5.99. The Labute approximate surface area is 104 Å². The third-order valence-corrected chi connectivity index (χ3v) is 2.92. The molecular weight excluding hydrogens is 214 g/mol. The number of hydrogen-bond acceptors (Lipinski definition) is 3. The van der Waals surface area contributed by atoms with Crippen LogP contribution in [0.3, 0.4) is 0 Å². The van der Waals surface area contributed by atoms with Crippen molar-refractivity contribution in [2.75, 3.05) is 6.61 Å². The van der Waals surface area contributed by atoms with Crippen LogP contribution in [0.2, 0.25) is 0 Å². The molecule has 0 saturated heterocycles. The Morgan fingerprint density at radius 2 is 1.94 bits per heavy atom. The topological polar surface area (TPSA) is 55.5 Å². The maximum absolute atomic E-state index is 9.22. The zero-order valence-electron chi connectivity index (χ0n) is 11.1. The standard InChI is InChI=1S/C14H23NO2/c1-9(2)12-6-5-10(3)13(7-12)17-14(8-16)11(4)15/h5-7,9,11,14,16H,8,15H2,1-4H3. The Hall–Kier alpha value is -1.06. The first kappa shape index (κ1) is 14.0. The third kappa shape index (κ3) is 3.72. The molecule has 0 amide bonds. The highest BCUT2D eigenvalue weighted by Gasteiger charge is 2.16. The fourth-order valence-electron chi connectivity index (χ4n) is 1.58. The maximum Gasteiger partial charge on any atom is 0.136 e. The molecule has 1 aromatic rings. The Balaban J connectivity index is 2.92. The van der Waals surface area contributed by atoms with Crippen LogP contribution in [-0.2, 0) is 0 Å². The van der Waals surface area contributed by atoms with E-state index in [-0.39, 0.29) is 18.8 Å². The molecule has 3 nitrogen and oxygen atoms in total. The molecule has 96 valence electrons. The Morgan fingerprint density at radius 3 is 2.41 bits per heavy atom. The van der Waals surface area contributed by atoms with Crippen LogP contribution >= 0.6 is 0 Å². The molecule has 0 aromatic heterocycles. The van der Waals surface area contributed by atoms with Crippen LogP contribution in [0.4, 0.5) is 0 Å². The first-order chi connectivity index (χ1) is 7.95. The van der Waals surface area contributed by atoms with E-state index in [1.807, 2.05) is 26.0 Å². The summed E-state index contributed by atoms with van der Waals surface area (Å²) in [5, 5.41) is 9.22. The van der Waals surface area contributed by atoms with Crippen molar-refractivity contribution < 1.29 is 9.84 Å². The van der Waals surface area contributed by atoms with Gasteiger partial charge >= 0.3 is 0 Å². The van der Waals surface area contributed by atoms with Crippen molar-refractivity contribution in [1.29, 1.82) is 0 Å². The van der Waals surface area contributed by atoms with Crippen molar-refractivity contribution in [1.82, 2.24) is 0 Å². The van der Waals surface area contributed by atoms with Crippen LogP contribution in [0.5, 0.6) is 5.75 Å². The van der Waals surface area contributed by atoms with Crippen LogP contribution in [0, 0.1) is 6.92 Å². The van der Waals surface area contributed by atoms with Gasteiger partial charge in [0.2, 0.25) is 0 Å². The van der Waals surface area contributed by atoms with Gasteiger partial charge in [-0.1, -0.05) is 26.0 Å². The summed E-state index contributed by atoms with van der Waals surface area (Å²) in [7, 11) is 0. The molecule has 2 atom stereocenters. The summed E-state index contributed by atoms with van der Waals surface area (Å²) in [6.07, 6.45) is -0.351. The van der Waals surface area contributed by atoms with E-state index in [0.29, 0.717) is 5.92 Å². The number of hydrogen-bond donors (Lipinski definition) is 2. The lowest BCUT2D eigenvalue weighted by Gasteiger charge is -2.22. The van der Waals surface area contributed by atoms with E-state index < -0.39 is 0 Å². The summed E-state index contributed by atoms with van der Waals surface area (Å²) >= 11 is 0. The van der Waals surface area contributed by atoms with Gasteiger partial charge < -0.3 is 15.6 Å². The molecule has 0 aliphatic rings. The molecule has 0 spiro atoms. The lowest BCUT2D eigenvalue weighted by atomic mass is 10.0. The van der Waals surface area contributed by atoms with Crippen molar-refractivity contribution in [3.05, 3.63) is 29.3 Å². The van der Waals surface area contributed by atoms with Gasteiger partial charge in [-0.2, -0.15) is 0 Å². The van der Waals surface area contributed by atoms with Gasteiger partial charge in [-0.3, -0.25) is 0 Å². The lowest BCUT2D eigenvalue weighted by molar-refractivity contribution is 0.0984. The fraction of sp³-hybridized carbons (Fsp3) is 0.571. The molecule has 1 aromatic carbocycles. The van der Waals surface area contributed by atoms with Gasteiger partial charge in [-0.25, -0.2) is 0 Å². The molecule has 0 radical (unpaired) electrons. The van der Waals surface area contributed by atoms with Crippen LogP contribution in [0.15, 0.2) is 18.2 Å². The van der Waals surface area contributed by atoms with Crippen LogP contribution in [-0.4, -0.2) is 23.9 Å². The molecule has 3 heteroatoms. The zero-order chi connectivity index (χ0) is 13.0. The van der Waals surface area contributed by atoms with E-state index in [2.05, 4.69) is 19.9 Å². The first-order valence-corrected chi connectivity index (χ1v) is 6.09. The predicted molar refractivity (Wildman–Crippen MR) is 70.4 cm³/mol. The second-order valence-electron chi connectivity index (χ2n) is 4.88. The van der Waals surface area contributed by atoms with Crippen LogP contribution in [0.25, 0.3) is 0 Å². The van der Waals surface area contributed by atoms with Gasteiger partial charge in [-0.15, -0.1) is 0 Å². The lowest BCUT2D eigenvalue weighted by Crippen LogP contribution is -2.39. The van der Waals surface area contributed by atoms with Crippen molar-refractivity contribution in [3.63, 3.8) is 0 Å². The number of aliphatic hydroxyl groups excluding tert-OH is 1. The number of rotatable bonds is 5. The zero-order valence-corrected chi connectivity index (χ0v) is 11.1. The molecular formula is C14H23NO2. The Morgan fingerprint density at radius 1 is 1.29 bits per heavy atom. The molecule has 1 rings (SSSR count). The molecule has 0 heterocycles. The van der Waals surface area contributed by atoms with E-state index in [4.69, 9.17) is 10.5 Å².